The molecule has 0 aliphatic carbocycles. The summed E-state index contributed by atoms with van der Waals surface area (Å²) in [5.41, 5.74) is -0.902. The monoisotopic (exact) mass is 386 g/mol. The minimum atomic E-state index is -3.87. The fraction of sp³-hybridized carbons (Fsp3) is 0.267. The summed E-state index contributed by atoms with van der Waals surface area (Å²) in [5.74, 6) is -4.80. The first-order valence-electron chi connectivity index (χ1n) is 7.38. The molecule has 11 heteroatoms. The fourth-order valence-corrected chi connectivity index (χ4v) is 3.02. The van der Waals surface area contributed by atoms with Gasteiger partial charge in [0.15, 0.2) is 23.1 Å². The number of H-pyrrole nitrogens is 1. The molecule has 0 saturated heterocycles. The van der Waals surface area contributed by atoms with E-state index in [0.29, 0.717) is 0 Å². The van der Waals surface area contributed by atoms with E-state index in [2.05, 4.69) is 15.1 Å². The lowest BCUT2D eigenvalue weighted by Crippen LogP contribution is -2.22. The van der Waals surface area contributed by atoms with Crippen LogP contribution in [0.3, 0.4) is 0 Å². The Balaban J connectivity index is 2.48. The number of aromatic amines is 1. The van der Waals surface area contributed by atoms with Crippen molar-refractivity contribution in [3.8, 4) is 11.1 Å². The second-order valence-electron chi connectivity index (χ2n) is 6.02. The van der Waals surface area contributed by atoms with E-state index in [1.54, 1.807) is 13.8 Å². The van der Waals surface area contributed by atoms with E-state index < -0.39 is 38.1 Å². The topological polar surface area (TPSA) is 97.2 Å². The summed E-state index contributed by atoms with van der Waals surface area (Å²) in [5, 5.41) is 3.45. The third-order valence-corrected chi connectivity index (χ3v) is 4.57. The Kier molecular flexibility index (Phi) is 4.14. The van der Waals surface area contributed by atoms with Crippen LogP contribution in [0.15, 0.2) is 22.1 Å². The Bertz CT molecular complexity index is 1180. The number of aromatic nitrogens is 4. The number of benzene rings is 1. The fourth-order valence-electron chi connectivity index (χ4n) is 2.50. The van der Waals surface area contributed by atoms with Crippen LogP contribution in [0.25, 0.3) is 16.8 Å². The van der Waals surface area contributed by atoms with Crippen molar-refractivity contribution >= 4 is 15.5 Å². The highest BCUT2D eigenvalue weighted by molar-refractivity contribution is 7.90. The van der Waals surface area contributed by atoms with E-state index in [9.17, 15) is 26.4 Å². The van der Waals surface area contributed by atoms with Gasteiger partial charge < -0.3 is 0 Å². The van der Waals surface area contributed by atoms with Gasteiger partial charge in [-0.05, 0) is 23.6 Å². The van der Waals surface area contributed by atoms with Crippen LogP contribution in [-0.4, -0.2) is 34.3 Å². The molecule has 1 N–H and O–H groups in total. The molecule has 3 rings (SSSR count). The van der Waals surface area contributed by atoms with E-state index in [4.69, 9.17) is 0 Å². The van der Waals surface area contributed by atoms with Crippen molar-refractivity contribution in [3.63, 3.8) is 0 Å². The molecule has 0 bridgehead atoms. The number of nitrogens with zero attached hydrogens (tertiary/aromatic N) is 3. The minimum absolute atomic E-state index is 0.0498. The third-order valence-electron chi connectivity index (χ3n) is 3.67. The Hall–Kier alpha value is -2.69. The van der Waals surface area contributed by atoms with Gasteiger partial charge in [-0.3, -0.25) is 4.98 Å². The Morgan fingerprint density at radius 2 is 1.73 bits per heavy atom. The van der Waals surface area contributed by atoms with Crippen molar-refractivity contribution < 1.29 is 21.6 Å². The summed E-state index contributed by atoms with van der Waals surface area (Å²) < 4.78 is 64.9. The van der Waals surface area contributed by atoms with Crippen LogP contribution in [0.4, 0.5) is 13.2 Å². The molecule has 26 heavy (non-hydrogen) atoms. The van der Waals surface area contributed by atoms with E-state index in [-0.39, 0.29) is 28.4 Å². The van der Waals surface area contributed by atoms with Crippen LogP contribution < -0.4 is 5.69 Å². The van der Waals surface area contributed by atoms with Crippen molar-refractivity contribution in [2.45, 2.75) is 24.9 Å². The Labute approximate surface area is 145 Å². The SMILES string of the molecule is CC(C)c1nn2c(=O)[nH]c(S(C)(=O)=O)nc2c1-c1cc(F)c(F)c(F)c1. The van der Waals surface area contributed by atoms with Crippen LogP contribution in [0.1, 0.15) is 25.5 Å². The highest BCUT2D eigenvalue weighted by Crippen LogP contribution is 2.33. The number of halogens is 3. The molecule has 0 aliphatic heterocycles. The largest absolute Gasteiger partial charge is 0.350 e. The molecule has 2 aromatic heterocycles. The van der Waals surface area contributed by atoms with E-state index >= 15 is 0 Å². The van der Waals surface area contributed by atoms with Crippen molar-refractivity contribution in [2.75, 3.05) is 6.26 Å². The van der Waals surface area contributed by atoms with Gasteiger partial charge in [-0.1, -0.05) is 13.8 Å². The van der Waals surface area contributed by atoms with Crippen molar-refractivity contribution in [1.82, 2.24) is 19.6 Å². The summed E-state index contributed by atoms with van der Waals surface area (Å²) in [6.07, 6.45) is 0.846. The van der Waals surface area contributed by atoms with Gasteiger partial charge in [-0.2, -0.15) is 14.6 Å². The minimum Gasteiger partial charge on any atom is -0.281 e. The van der Waals surface area contributed by atoms with Crippen LogP contribution in [-0.2, 0) is 9.84 Å². The average Bonchev–Trinajstić information content (AvgIpc) is 2.91. The van der Waals surface area contributed by atoms with Gasteiger partial charge in [0.05, 0.1) is 11.3 Å². The number of nitrogens with one attached hydrogen (secondary N) is 1. The lowest BCUT2D eigenvalue weighted by Gasteiger charge is -2.07. The van der Waals surface area contributed by atoms with Crippen LogP contribution in [0.2, 0.25) is 0 Å². The summed E-state index contributed by atoms with van der Waals surface area (Å²) in [4.78, 5) is 18.2. The summed E-state index contributed by atoms with van der Waals surface area (Å²) >= 11 is 0. The molecule has 0 atom stereocenters. The average molecular weight is 386 g/mol. The van der Waals surface area contributed by atoms with Gasteiger partial charge in [0.1, 0.15) is 0 Å². The molecule has 1 aromatic carbocycles. The Morgan fingerprint density at radius 3 is 2.23 bits per heavy atom. The maximum Gasteiger partial charge on any atom is 0.350 e. The standard InChI is InChI=1S/C15H13F3N4O3S/c1-6(2)12-10(7-4-8(16)11(18)9(17)5-7)13-19-14(26(3,24)25)20-15(23)22(13)21-12/h4-6H,1-3H3,(H,19,20,23). The Morgan fingerprint density at radius 1 is 1.15 bits per heavy atom. The maximum atomic E-state index is 13.7. The van der Waals surface area contributed by atoms with Crippen LogP contribution in [0, 0.1) is 17.5 Å². The lowest BCUT2D eigenvalue weighted by atomic mass is 9.99. The zero-order valence-corrected chi connectivity index (χ0v) is 14.7. The zero-order valence-electron chi connectivity index (χ0n) is 13.8. The van der Waals surface area contributed by atoms with E-state index in [1.807, 2.05) is 0 Å². The van der Waals surface area contributed by atoms with Gasteiger partial charge in [0, 0.05) is 6.26 Å². The van der Waals surface area contributed by atoms with Gasteiger partial charge in [0.25, 0.3) is 0 Å². The number of fused-ring (bicyclic) bond motifs is 1. The summed E-state index contributed by atoms with van der Waals surface area (Å²) in [6.45, 7) is 3.43. The molecule has 0 aliphatic rings. The van der Waals surface area contributed by atoms with Crippen LogP contribution >= 0.6 is 0 Å². The molecule has 2 heterocycles. The molecule has 0 spiro atoms. The number of hydrogen-bond donors (Lipinski definition) is 1. The predicted octanol–water partition coefficient (Wildman–Crippen LogP) is 2.03. The van der Waals surface area contributed by atoms with Gasteiger partial charge >= 0.3 is 5.69 Å². The van der Waals surface area contributed by atoms with Crippen molar-refractivity contribution in [2.24, 2.45) is 0 Å². The first-order chi connectivity index (χ1) is 12.0. The molecule has 3 aromatic rings. The molecule has 0 radical (unpaired) electrons. The molecular weight excluding hydrogens is 373 g/mol. The summed E-state index contributed by atoms with van der Waals surface area (Å²) in [6, 6.07) is 1.48. The molecular formula is C15H13F3N4O3S. The summed E-state index contributed by atoms with van der Waals surface area (Å²) in [7, 11) is -3.87. The van der Waals surface area contributed by atoms with Gasteiger partial charge in [0.2, 0.25) is 15.0 Å². The molecule has 0 fully saturated rings. The van der Waals surface area contributed by atoms with Gasteiger partial charge in [-0.25, -0.2) is 26.4 Å². The van der Waals surface area contributed by atoms with Crippen molar-refractivity contribution in [3.05, 3.63) is 45.8 Å². The first-order valence-corrected chi connectivity index (χ1v) is 9.27. The zero-order chi connectivity index (χ0) is 19.4. The quantitative estimate of drug-likeness (QED) is 0.695. The smallest absolute Gasteiger partial charge is 0.281 e. The number of rotatable bonds is 3. The van der Waals surface area contributed by atoms with Crippen molar-refractivity contribution in [1.29, 1.82) is 0 Å². The number of sulfone groups is 1. The maximum absolute atomic E-state index is 13.7. The second-order valence-corrected chi connectivity index (χ2v) is 7.95. The first kappa shape index (κ1) is 18.1. The molecule has 0 amide bonds. The molecule has 138 valence electrons. The molecule has 7 nitrogen and oxygen atoms in total. The molecule has 0 saturated carbocycles. The molecule has 0 unspecified atom stereocenters. The van der Waals surface area contributed by atoms with E-state index in [1.165, 1.54) is 0 Å². The van der Waals surface area contributed by atoms with E-state index in [0.717, 1.165) is 22.9 Å². The van der Waals surface area contributed by atoms with Crippen LogP contribution in [0.5, 0.6) is 0 Å². The van der Waals surface area contributed by atoms with Gasteiger partial charge in [-0.15, -0.1) is 0 Å². The predicted molar refractivity (Wildman–Crippen MR) is 86.1 cm³/mol. The normalized spacial score (nSPS) is 12.3. The second kappa shape index (κ2) is 5.94. The number of hydrogen-bond acceptors (Lipinski definition) is 5. The lowest BCUT2D eigenvalue weighted by molar-refractivity contribution is 0.447. The third kappa shape index (κ3) is 2.87. The highest BCUT2D eigenvalue weighted by atomic mass is 32.2. The highest BCUT2D eigenvalue weighted by Gasteiger charge is 2.24.